The molecule has 0 amide bonds. The quantitative estimate of drug-likeness (QED) is 0.115. The van der Waals surface area contributed by atoms with E-state index >= 15 is 0 Å². The summed E-state index contributed by atoms with van der Waals surface area (Å²) in [4.78, 5) is 0. The first-order valence-electron chi connectivity index (χ1n) is 40.5. The van der Waals surface area contributed by atoms with Gasteiger partial charge in [-0.3, -0.25) is 0 Å². The lowest BCUT2D eigenvalue weighted by Crippen LogP contribution is -1.93. The molecule has 24 rings (SSSR count). The van der Waals surface area contributed by atoms with Crippen LogP contribution in [0, 0.1) is 13.8 Å². The van der Waals surface area contributed by atoms with Crippen LogP contribution in [0.25, 0.3) is 228 Å². The fraction of sp³-hybridized carbons (Fsp3) is 0.0172. The number of hydrogen-bond acceptors (Lipinski definition) is 0. The van der Waals surface area contributed by atoms with Crippen LogP contribution in [-0.4, -0.2) is 0 Å². The summed E-state index contributed by atoms with van der Waals surface area (Å²) in [5, 5.41) is 38.8. The van der Waals surface area contributed by atoms with E-state index in [2.05, 4.69) is 438 Å². The van der Waals surface area contributed by atoms with Crippen LogP contribution in [0.4, 0.5) is 0 Å². The lowest BCUT2D eigenvalue weighted by molar-refractivity contribution is 1.57. The molecule has 0 spiro atoms. The number of aryl methyl sites for hydroxylation is 2. The Morgan fingerprint density at radius 2 is 0.276 bits per heavy atom. The van der Waals surface area contributed by atoms with Crippen LogP contribution < -0.4 is 0 Å². The Bertz CT molecular complexity index is 7470. The predicted octanol–water partition coefficient (Wildman–Crippen LogP) is 33.0. The molecule has 24 aromatic rings. The normalized spacial score (nSPS) is 11.7. The Hall–Kier alpha value is -14.8. The summed E-state index contributed by atoms with van der Waals surface area (Å²) in [6.45, 7) is 4.51. The van der Waals surface area contributed by atoms with E-state index in [-0.39, 0.29) is 0 Å². The second kappa shape index (κ2) is 28.1. The van der Waals surface area contributed by atoms with Gasteiger partial charge >= 0.3 is 0 Å². The minimum Gasteiger partial charge on any atom is -0.0616 e. The van der Waals surface area contributed by atoms with Crippen LogP contribution in [-0.2, 0) is 0 Å². The molecule has 0 nitrogen and oxygen atoms in total. The van der Waals surface area contributed by atoms with Crippen molar-refractivity contribution in [1.82, 2.24) is 0 Å². The smallest absolute Gasteiger partial charge is 0.00204 e. The molecule has 540 valence electrons. The number of fused-ring (bicyclic) bond motifs is 17. The Morgan fingerprint density at radius 3 is 0.560 bits per heavy atom. The van der Waals surface area contributed by atoms with Gasteiger partial charge in [0.05, 0.1) is 0 Å². The third-order valence-corrected chi connectivity index (χ3v) is 24.9. The first-order valence-corrected chi connectivity index (χ1v) is 40.5. The first-order chi connectivity index (χ1) is 57.5. The van der Waals surface area contributed by atoms with Gasteiger partial charge in [-0.2, -0.15) is 0 Å². The lowest BCUT2D eigenvalue weighted by Gasteiger charge is -2.20. The second-order valence-electron chi connectivity index (χ2n) is 31.1. The van der Waals surface area contributed by atoms with Gasteiger partial charge in [-0.25, -0.2) is 0 Å². The maximum Gasteiger partial charge on any atom is -0.00204 e. The fourth-order valence-corrected chi connectivity index (χ4v) is 19.7. The zero-order valence-electron chi connectivity index (χ0n) is 64.4. The Balaban J connectivity index is 0.000000106. The topological polar surface area (TPSA) is 0 Å². The van der Waals surface area contributed by atoms with E-state index in [1.54, 1.807) is 0 Å². The highest BCUT2D eigenvalue weighted by Gasteiger charge is 2.23. The summed E-state index contributed by atoms with van der Waals surface area (Å²) in [6, 6.07) is 156. The van der Waals surface area contributed by atoms with Gasteiger partial charge in [0.25, 0.3) is 0 Å². The van der Waals surface area contributed by atoms with Crippen molar-refractivity contribution in [3.05, 3.63) is 436 Å². The Kier molecular flexibility index (Phi) is 16.5. The first kappa shape index (κ1) is 68.0. The molecule has 0 aromatic heterocycles. The lowest BCUT2D eigenvalue weighted by atomic mass is 9.83. The van der Waals surface area contributed by atoms with Gasteiger partial charge in [0.2, 0.25) is 0 Å². The van der Waals surface area contributed by atoms with Crippen LogP contribution >= 0.6 is 0 Å². The molecule has 0 fully saturated rings. The average molecular weight is 1470 g/mol. The predicted molar refractivity (Wildman–Crippen MR) is 504 cm³/mol. The van der Waals surface area contributed by atoms with E-state index in [0.29, 0.717) is 0 Å². The van der Waals surface area contributed by atoms with Crippen molar-refractivity contribution >= 4 is 162 Å². The molecule has 0 aliphatic rings. The summed E-state index contributed by atoms with van der Waals surface area (Å²) in [5.41, 5.74) is 18.2. The van der Waals surface area contributed by atoms with E-state index in [0.717, 1.165) is 0 Å². The van der Waals surface area contributed by atoms with E-state index in [9.17, 15) is 0 Å². The van der Waals surface area contributed by atoms with Crippen LogP contribution in [0.15, 0.2) is 425 Å². The van der Waals surface area contributed by atoms with Crippen molar-refractivity contribution in [2.24, 2.45) is 0 Å². The molecule has 0 aliphatic carbocycles. The van der Waals surface area contributed by atoms with Crippen LogP contribution in [0.1, 0.15) is 11.1 Å². The highest BCUT2D eigenvalue weighted by Crippen LogP contribution is 2.50. The summed E-state index contributed by atoms with van der Waals surface area (Å²) in [7, 11) is 0. The monoisotopic (exact) mass is 1470 g/mol. The molecule has 0 heteroatoms. The fourth-order valence-electron chi connectivity index (χ4n) is 19.7. The highest BCUT2D eigenvalue weighted by molar-refractivity contribution is 6.26. The van der Waals surface area contributed by atoms with Crippen molar-refractivity contribution in [1.29, 1.82) is 0 Å². The molecule has 0 radical (unpaired) electrons. The molecule has 0 atom stereocenters. The van der Waals surface area contributed by atoms with Crippen molar-refractivity contribution in [3.63, 3.8) is 0 Å². The third kappa shape index (κ3) is 11.1. The van der Waals surface area contributed by atoms with Crippen molar-refractivity contribution in [2.75, 3.05) is 0 Å². The summed E-state index contributed by atoms with van der Waals surface area (Å²) < 4.78 is 0. The van der Waals surface area contributed by atoms with Gasteiger partial charge in [0.15, 0.2) is 0 Å². The molecular weight excluding hydrogens is 1390 g/mol. The SMILES string of the molecule is Cc1c2ccccc2c(-c2ccc(-c3c4ccccc4c(C)c4ccccc34)c3ccccc23)c2ccccc12.c1ccc2c(-c3cccc4c(-c5c6ccccc6cc6ccccc56)cccc34)c3ccccc3cc2c1.c1ccc2c(c1)cc(-c1cccc3c(-c4cc5ccccc5c5ccccc45)cccc13)c1ccccc12. The Labute approximate surface area is 673 Å². The molecule has 0 saturated heterocycles. The van der Waals surface area contributed by atoms with Crippen molar-refractivity contribution in [3.8, 4) is 66.8 Å². The van der Waals surface area contributed by atoms with Crippen LogP contribution in [0.5, 0.6) is 0 Å². The summed E-state index contributed by atoms with van der Waals surface area (Å²) >= 11 is 0. The standard InChI is InChI=1S/C40H28.2C38H24/c1-25-27-13-3-9-19-33(27)39(34-20-10-4-14-28(25)34)37-23-24-38(32-18-8-7-17-31(32)37)40-35-21-11-5-15-29(35)26(2)30-16-6-12-22-36(30)40;1-5-15-29-25(11-1)23-26-12-2-6-16-30(26)37(29)35-21-9-20-34-33(35)19-10-22-36(34)38-31-17-7-3-13-27(31)24-28-14-4-8-18-32(28)38;1-3-13-27-25(11-1)23-37(33-17-7-5-15-29(27)33)35-21-9-20-32-31(35)19-10-22-36(32)38-24-26-12-2-4-14-28(26)30-16-6-8-18-34(30)38/h3-24H,1-2H3;2*1-24H. The molecule has 0 heterocycles. The maximum atomic E-state index is 2.37. The highest BCUT2D eigenvalue weighted by atomic mass is 14.3. The number of rotatable bonds is 6. The molecule has 24 aromatic carbocycles. The molecule has 0 saturated carbocycles. The van der Waals surface area contributed by atoms with E-state index in [1.807, 2.05) is 0 Å². The molecule has 0 unspecified atom stereocenters. The molecule has 116 heavy (non-hydrogen) atoms. The summed E-state index contributed by atoms with van der Waals surface area (Å²) in [5.74, 6) is 0. The van der Waals surface area contributed by atoms with E-state index in [1.165, 1.54) is 239 Å². The minimum absolute atomic E-state index is 1.27. The molecule has 0 N–H and O–H groups in total. The second-order valence-corrected chi connectivity index (χ2v) is 31.1. The Morgan fingerprint density at radius 1 is 0.103 bits per heavy atom. The van der Waals surface area contributed by atoms with Gasteiger partial charge in [0, 0.05) is 0 Å². The average Bonchev–Trinajstić information content (AvgIpc) is 0.624. The van der Waals surface area contributed by atoms with Crippen molar-refractivity contribution < 1.29 is 0 Å². The zero-order valence-corrected chi connectivity index (χ0v) is 64.4. The van der Waals surface area contributed by atoms with Crippen LogP contribution in [0.3, 0.4) is 0 Å². The largest absolute Gasteiger partial charge is 0.0616 e. The van der Waals surface area contributed by atoms with Crippen molar-refractivity contribution in [2.45, 2.75) is 13.8 Å². The molecule has 0 bridgehead atoms. The molecular formula is C116H76. The zero-order chi connectivity index (χ0) is 76.9. The number of hydrogen-bond donors (Lipinski definition) is 0. The number of benzene rings is 24. The van der Waals surface area contributed by atoms with Crippen LogP contribution in [0.2, 0.25) is 0 Å². The van der Waals surface area contributed by atoms with Gasteiger partial charge in [-0.05, 0) is 278 Å². The van der Waals surface area contributed by atoms with Gasteiger partial charge in [-0.1, -0.05) is 400 Å². The van der Waals surface area contributed by atoms with E-state index in [4.69, 9.17) is 0 Å². The minimum atomic E-state index is 1.27. The van der Waals surface area contributed by atoms with Gasteiger partial charge < -0.3 is 0 Å². The summed E-state index contributed by atoms with van der Waals surface area (Å²) in [6.07, 6.45) is 0. The maximum absolute atomic E-state index is 2.37. The molecule has 0 aliphatic heterocycles. The van der Waals surface area contributed by atoms with E-state index < -0.39 is 0 Å². The van der Waals surface area contributed by atoms with Gasteiger partial charge in [0.1, 0.15) is 0 Å². The van der Waals surface area contributed by atoms with Gasteiger partial charge in [-0.15, -0.1) is 0 Å². The third-order valence-electron chi connectivity index (χ3n) is 24.9.